The number of carbonyl (C=O) groups is 2. The van der Waals surface area contributed by atoms with Crippen molar-refractivity contribution in [1.29, 1.82) is 0 Å². The minimum absolute atomic E-state index is 0.0207. The van der Waals surface area contributed by atoms with Crippen LogP contribution in [0.4, 0.5) is 17.6 Å². The summed E-state index contributed by atoms with van der Waals surface area (Å²) in [6, 6.07) is 0. The molecule has 2 aliphatic rings. The average Bonchev–Trinajstić information content (AvgIpc) is 2.71. The first-order valence-electron chi connectivity index (χ1n) is 11.7. The average molecular weight is 443 g/mol. The molecule has 2 aliphatic carbocycles. The largest absolute Gasteiger partial charge is 0.522 e. The van der Waals surface area contributed by atoms with Crippen LogP contribution in [0.2, 0.25) is 0 Å². The van der Waals surface area contributed by atoms with Gasteiger partial charge in [0.25, 0.3) is 0 Å². The fourth-order valence-corrected chi connectivity index (χ4v) is 3.78. The van der Waals surface area contributed by atoms with Crippen LogP contribution in [0.1, 0.15) is 74.3 Å². The van der Waals surface area contributed by atoms with E-state index in [0.717, 1.165) is 12.8 Å². The highest BCUT2D eigenvalue weighted by Crippen LogP contribution is 2.34. The highest BCUT2D eigenvalue weighted by molar-refractivity contribution is 5.74. The Hall–Kier alpha value is -1.38. The third-order valence-electron chi connectivity index (χ3n) is 5.82. The van der Waals surface area contributed by atoms with Gasteiger partial charge in [-0.3, -0.25) is 14.3 Å². The van der Waals surface area contributed by atoms with Gasteiger partial charge in [0.2, 0.25) is 0 Å². The minimum atomic E-state index is -4.81. The van der Waals surface area contributed by atoms with Crippen molar-refractivity contribution in [2.24, 2.45) is 17.8 Å². The van der Waals surface area contributed by atoms with E-state index in [2.05, 4.69) is 4.74 Å². The Balaban J connectivity index is 1.86. The van der Waals surface area contributed by atoms with Gasteiger partial charge in [0.05, 0.1) is 24.5 Å². The molecule has 7 atom stereocenters. The maximum atomic E-state index is 14.8. The summed E-state index contributed by atoms with van der Waals surface area (Å²) in [5.41, 5.74) is 0. The molecule has 0 aliphatic heterocycles. The molecule has 2 saturated carbocycles. The van der Waals surface area contributed by atoms with Gasteiger partial charge in [-0.25, -0.2) is 4.39 Å². The second-order valence-electron chi connectivity index (χ2n) is 7.95. The standard InChI is InChI=1S/C21H32F4O5/c1-3-13(4-2)12-28-20(27)17-10-9-16(11-18(17)22)29-19(26)14-5-7-15(8-6-14)30-21(23,24)25/h13-18H,3-12H2,1-2H3/i5D,11T. The highest BCUT2D eigenvalue weighted by Gasteiger charge is 2.40. The summed E-state index contributed by atoms with van der Waals surface area (Å²) >= 11 is 0. The summed E-state index contributed by atoms with van der Waals surface area (Å²) in [7, 11) is 0. The number of hydrogen-bond acceptors (Lipinski definition) is 5. The molecule has 0 bridgehead atoms. The zero-order chi connectivity index (χ0) is 24.1. The normalized spacial score (nSPS) is 36.0. The fraction of sp³-hybridized carbons (Fsp3) is 0.905. The van der Waals surface area contributed by atoms with Crippen LogP contribution in [-0.4, -0.2) is 43.3 Å². The summed E-state index contributed by atoms with van der Waals surface area (Å²) in [5, 5.41) is 0. The summed E-state index contributed by atoms with van der Waals surface area (Å²) in [6.07, 6.45) is -10.1. The number of halogens is 4. The number of alkyl halides is 4. The minimum Gasteiger partial charge on any atom is -0.465 e. The molecule has 0 radical (unpaired) electrons. The van der Waals surface area contributed by atoms with Crippen LogP contribution in [0, 0.1) is 17.8 Å². The van der Waals surface area contributed by atoms with Crippen LogP contribution in [0.25, 0.3) is 0 Å². The Morgan fingerprint density at radius 1 is 1.10 bits per heavy atom. The lowest BCUT2D eigenvalue weighted by atomic mass is 9.85. The van der Waals surface area contributed by atoms with E-state index in [4.69, 9.17) is 12.2 Å². The maximum Gasteiger partial charge on any atom is 0.522 e. The van der Waals surface area contributed by atoms with E-state index in [1.807, 2.05) is 13.8 Å². The van der Waals surface area contributed by atoms with Gasteiger partial charge in [-0.15, -0.1) is 13.2 Å². The van der Waals surface area contributed by atoms with Crippen LogP contribution >= 0.6 is 0 Å². The Bertz CT molecular complexity index is 632. The molecule has 0 saturated heterocycles. The van der Waals surface area contributed by atoms with Gasteiger partial charge >= 0.3 is 18.3 Å². The third kappa shape index (κ3) is 7.71. The van der Waals surface area contributed by atoms with Gasteiger partial charge in [-0.1, -0.05) is 26.7 Å². The zero-order valence-corrected chi connectivity index (χ0v) is 17.3. The molecule has 0 heterocycles. The van der Waals surface area contributed by atoms with E-state index in [0.29, 0.717) is 0 Å². The van der Waals surface area contributed by atoms with E-state index in [-0.39, 0.29) is 44.6 Å². The predicted molar refractivity (Wildman–Crippen MR) is 100 cm³/mol. The van der Waals surface area contributed by atoms with Gasteiger partial charge in [0.1, 0.15) is 12.3 Å². The van der Waals surface area contributed by atoms with Gasteiger partial charge < -0.3 is 9.47 Å². The van der Waals surface area contributed by atoms with Crippen LogP contribution in [0.5, 0.6) is 0 Å². The van der Waals surface area contributed by atoms with E-state index in [9.17, 15) is 27.2 Å². The van der Waals surface area contributed by atoms with Crippen molar-refractivity contribution in [3.05, 3.63) is 0 Å². The molecule has 0 spiro atoms. The number of esters is 2. The predicted octanol–water partition coefficient (Wildman–Crippen LogP) is 5.11. The van der Waals surface area contributed by atoms with Gasteiger partial charge in [-0.05, 0) is 44.4 Å². The Morgan fingerprint density at radius 2 is 1.77 bits per heavy atom. The van der Waals surface area contributed by atoms with Crippen molar-refractivity contribution in [3.63, 3.8) is 0 Å². The monoisotopic (exact) mass is 443 g/mol. The van der Waals surface area contributed by atoms with E-state index >= 15 is 0 Å². The lowest BCUT2D eigenvalue weighted by Crippen LogP contribution is -2.39. The number of ether oxygens (including phenoxy) is 3. The lowest BCUT2D eigenvalue weighted by molar-refractivity contribution is -0.345. The molecule has 0 N–H and O–H groups in total. The van der Waals surface area contributed by atoms with Crippen molar-refractivity contribution in [2.45, 2.75) is 96.3 Å². The quantitative estimate of drug-likeness (QED) is 0.385. The second-order valence-corrected chi connectivity index (χ2v) is 7.95. The SMILES string of the molecule is [2H]C1CC(OC(F)(F)F)CCC1C(=O)OC1CCC(C(=O)OCC(CC)CC)C(F)C1[3H]. The smallest absolute Gasteiger partial charge is 0.465 e. The molecule has 9 heteroatoms. The van der Waals surface area contributed by atoms with E-state index < -0.39 is 61.3 Å². The molecule has 0 aromatic rings. The number of carbonyl (C=O) groups excluding carboxylic acids is 2. The zero-order valence-electron chi connectivity index (χ0n) is 19.3. The van der Waals surface area contributed by atoms with Crippen LogP contribution in [0.15, 0.2) is 0 Å². The molecule has 2 rings (SSSR count). The first-order valence-corrected chi connectivity index (χ1v) is 10.6. The molecule has 5 nitrogen and oxygen atoms in total. The molecule has 7 unspecified atom stereocenters. The molecule has 2 fully saturated rings. The van der Waals surface area contributed by atoms with Crippen molar-refractivity contribution in [2.75, 3.05) is 6.61 Å². The fourth-order valence-electron chi connectivity index (χ4n) is 3.78. The molecule has 0 aromatic heterocycles. The highest BCUT2D eigenvalue weighted by atomic mass is 19.4. The number of rotatable bonds is 8. The summed E-state index contributed by atoms with van der Waals surface area (Å²) in [5.74, 6) is -3.38. The topological polar surface area (TPSA) is 61.8 Å². The number of hydrogen-bond donors (Lipinski definition) is 0. The molecule has 0 aromatic carbocycles. The van der Waals surface area contributed by atoms with Gasteiger partial charge in [-0.2, -0.15) is 0 Å². The molecular formula is C21H32F4O5. The Morgan fingerprint density at radius 3 is 2.37 bits per heavy atom. The van der Waals surface area contributed by atoms with E-state index in [1.165, 1.54) is 0 Å². The summed E-state index contributed by atoms with van der Waals surface area (Å²) < 4.78 is 82.4. The van der Waals surface area contributed by atoms with Gasteiger partial charge in [0, 0.05) is 9.14 Å². The second kappa shape index (κ2) is 11.3. The first-order chi connectivity index (χ1) is 15.0. The Labute approximate surface area is 177 Å². The molecule has 30 heavy (non-hydrogen) atoms. The molecule has 174 valence electrons. The van der Waals surface area contributed by atoms with Gasteiger partial charge in [0.15, 0.2) is 0 Å². The van der Waals surface area contributed by atoms with Crippen molar-refractivity contribution >= 4 is 11.9 Å². The van der Waals surface area contributed by atoms with Crippen LogP contribution in [0.3, 0.4) is 0 Å². The Kier molecular flexibility index (Phi) is 8.22. The summed E-state index contributed by atoms with van der Waals surface area (Å²) in [4.78, 5) is 24.7. The molecule has 0 amide bonds. The first kappa shape index (κ1) is 21.8. The van der Waals surface area contributed by atoms with Crippen molar-refractivity contribution in [3.8, 4) is 0 Å². The van der Waals surface area contributed by atoms with Crippen molar-refractivity contribution < 1.29 is 44.1 Å². The van der Waals surface area contributed by atoms with Crippen LogP contribution < -0.4 is 0 Å². The van der Waals surface area contributed by atoms with Crippen molar-refractivity contribution in [1.82, 2.24) is 0 Å². The van der Waals surface area contributed by atoms with E-state index in [1.54, 1.807) is 0 Å². The molecular weight excluding hydrogens is 408 g/mol. The summed E-state index contributed by atoms with van der Waals surface area (Å²) in [6.45, 7) is 4.13. The maximum absolute atomic E-state index is 14.8. The van der Waals surface area contributed by atoms with Crippen LogP contribution in [-0.2, 0) is 23.8 Å². The lowest BCUT2D eigenvalue weighted by Gasteiger charge is -2.32. The third-order valence-corrected chi connectivity index (χ3v) is 5.82.